The Bertz CT molecular complexity index is 558. The molecular weight excluding hydrogens is 295 g/mol. The van der Waals surface area contributed by atoms with Crippen molar-refractivity contribution in [2.45, 2.75) is 19.2 Å². The number of aliphatic hydroxyl groups excluding tert-OH is 1. The fraction of sp³-hybridized carbons (Fsp3) is 0.533. The van der Waals surface area contributed by atoms with Crippen molar-refractivity contribution in [2.75, 3.05) is 37.6 Å². The summed E-state index contributed by atoms with van der Waals surface area (Å²) < 4.78 is 38.9. The first-order chi connectivity index (χ1) is 10.3. The third kappa shape index (κ3) is 3.90. The minimum absolute atomic E-state index is 0.357. The quantitative estimate of drug-likeness (QED) is 0.928. The highest BCUT2D eigenvalue weighted by Gasteiger charge is 2.34. The molecule has 4 nitrogen and oxygen atoms in total. The number of nitriles is 1. The maximum Gasteiger partial charge on any atom is 0.417 e. The molecule has 0 amide bonds. The van der Waals surface area contributed by atoms with Crippen LogP contribution in [-0.4, -0.2) is 48.8 Å². The average molecular weight is 313 g/mol. The van der Waals surface area contributed by atoms with Crippen molar-refractivity contribution < 1.29 is 18.3 Å². The summed E-state index contributed by atoms with van der Waals surface area (Å²) in [5.41, 5.74) is -0.772. The van der Waals surface area contributed by atoms with E-state index in [4.69, 9.17) is 5.26 Å². The highest BCUT2D eigenvalue weighted by atomic mass is 19.4. The molecule has 1 aromatic rings. The molecule has 0 unspecified atom stereocenters. The lowest BCUT2D eigenvalue weighted by Crippen LogP contribution is -2.48. The Morgan fingerprint density at radius 1 is 1.27 bits per heavy atom. The van der Waals surface area contributed by atoms with Crippen LogP contribution in [-0.2, 0) is 6.18 Å². The normalized spacial score (nSPS) is 18.1. The van der Waals surface area contributed by atoms with Crippen LogP contribution >= 0.6 is 0 Å². The van der Waals surface area contributed by atoms with Gasteiger partial charge in [-0.2, -0.15) is 18.4 Å². The summed E-state index contributed by atoms with van der Waals surface area (Å²) in [6, 6.07) is 5.41. The second-order valence-electron chi connectivity index (χ2n) is 5.48. The maximum absolute atomic E-state index is 13.0. The molecule has 0 bridgehead atoms. The predicted octanol–water partition coefficient (Wildman–Crippen LogP) is 2.08. The Hall–Kier alpha value is -1.78. The number of rotatable bonds is 3. The van der Waals surface area contributed by atoms with Crippen molar-refractivity contribution in [2.24, 2.45) is 0 Å². The molecule has 0 saturated carbocycles. The monoisotopic (exact) mass is 313 g/mol. The maximum atomic E-state index is 13.0. The number of hydrogen-bond acceptors (Lipinski definition) is 4. The summed E-state index contributed by atoms with van der Waals surface area (Å²) in [6.45, 7) is 4.84. The topological polar surface area (TPSA) is 50.5 Å². The van der Waals surface area contributed by atoms with Gasteiger partial charge < -0.3 is 10.0 Å². The number of anilines is 1. The van der Waals surface area contributed by atoms with Crippen LogP contribution < -0.4 is 4.90 Å². The minimum Gasteiger partial charge on any atom is -0.392 e. The number of nitrogens with zero attached hydrogens (tertiary/aromatic N) is 3. The summed E-state index contributed by atoms with van der Waals surface area (Å²) in [4.78, 5) is 3.95. The van der Waals surface area contributed by atoms with Crippen LogP contribution in [0, 0.1) is 11.3 Å². The number of β-amino-alcohol motifs (C(OH)–C–C–N with tert-alkyl or cyclic N) is 1. The van der Waals surface area contributed by atoms with Gasteiger partial charge in [0, 0.05) is 38.4 Å². The average Bonchev–Trinajstić information content (AvgIpc) is 2.46. The van der Waals surface area contributed by atoms with E-state index in [-0.39, 0.29) is 5.56 Å². The van der Waals surface area contributed by atoms with E-state index < -0.39 is 17.8 Å². The molecular formula is C15H18F3N3O. The van der Waals surface area contributed by atoms with E-state index in [1.165, 1.54) is 6.07 Å². The van der Waals surface area contributed by atoms with Gasteiger partial charge in [0.1, 0.15) is 0 Å². The predicted molar refractivity (Wildman–Crippen MR) is 76.5 cm³/mol. The van der Waals surface area contributed by atoms with Gasteiger partial charge in [0.05, 0.1) is 23.3 Å². The van der Waals surface area contributed by atoms with Crippen molar-refractivity contribution in [1.29, 1.82) is 5.26 Å². The van der Waals surface area contributed by atoms with E-state index in [1.54, 1.807) is 19.1 Å². The molecule has 1 heterocycles. The zero-order valence-corrected chi connectivity index (χ0v) is 12.3. The molecule has 1 atom stereocenters. The zero-order valence-electron chi connectivity index (χ0n) is 12.3. The Kier molecular flexibility index (Phi) is 4.94. The SMILES string of the molecule is C[C@@H](O)CN1CCN(c2ccc(C#N)c(C(F)(F)F)c2)CC1. The Morgan fingerprint density at radius 3 is 2.41 bits per heavy atom. The van der Waals surface area contributed by atoms with Crippen LogP contribution in [0.3, 0.4) is 0 Å². The van der Waals surface area contributed by atoms with Gasteiger partial charge in [-0.05, 0) is 25.1 Å². The summed E-state index contributed by atoms with van der Waals surface area (Å²) in [7, 11) is 0. The number of piperazine rings is 1. The molecule has 1 aromatic carbocycles. The van der Waals surface area contributed by atoms with Crippen molar-refractivity contribution >= 4 is 5.69 Å². The Labute approximate surface area is 127 Å². The summed E-state index contributed by atoms with van der Waals surface area (Å²) in [5, 5.41) is 18.2. The van der Waals surface area contributed by atoms with Crippen molar-refractivity contribution in [3.05, 3.63) is 29.3 Å². The van der Waals surface area contributed by atoms with Crippen LogP contribution in [0.2, 0.25) is 0 Å². The van der Waals surface area contributed by atoms with Gasteiger partial charge in [-0.1, -0.05) is 0 Å². The smallest absolute Gasteiger partial charge is 0.392 e. The van der Waals surface area contributed by atoms with E-state index >= 15 is 0 Å². The molecule has 0 spiro atoms. The molecule has 2 rings (SSSR count). The molecule has 22 heavy (non-hydrogen) atoms. The third-order valence-electron chi connectivity index (χ3n) is 3.69. The van der Waals surface area contributed by atoms with Crippen LogP contribution in [0.15, 0.2) is 18.2 Å². The zero-order chi connectivity index (χ0) is 16.3. The lowest BCUT2D eigenvalue weighted by molar-refractivity contribution is -0.137. The first kappa shape index (κ1) is 16.6. The van der Waals surface area contributed by atoms with Crippen molar-refractivity contribution in [3.63, 3.8) is 0 Å². The fourth-order valence-corrected chi connectivity index (χ4v) is 2.62. The molecule has 0 aromatic heterocycles. The van der Waals surface area contributed by atoms with E-state index in [9.17, 15) is 18.3 Å². The van der Waals surface area contributed by atoms with Gasteiger partial charge in [0.25, 0.3) is 0 Å². The van der Waals surface area contributed by atoms with Crippen LogP contribution in [0.4, 0.5) is 18.9 Å². The van der Waals surface area contributed by atoms with Gasteiger partial charge in [-0.25, -0.2) is 0 Å². The molecule has 1 aliphatic heterocycles. The number of alkyl halides is 3. The first-order valence-corrected chi connectivity index (χ1v) is 7.08. The highest BCUT2D eigenvalue weighted by Crippen LogP contribution is 2.34. The van der Waals surface area contributed by atoms with Gasteiger partial charge in [-0.3, -0.25) is 4.90 Å². The van der Waals surface area contributed by atoms with Gasteiger partial charge >= 0.3 is 6.18 Å². The summed E-state index contributed by atoms with van der Waals surface area (Å²) >= 11 is 0. The first-order valence-electron chi connectivity index (χ1n) is 7.08. The van der Waals surface area contributed by atoms with Gasteiger partial charge in [-0.15, -0.1) is 0 Å². The van der Waals surface area contributed by atoms with Crippen LogP contribution in [0.25, 0.3) is 0 Å². The molecule has 7 heteroatoms. The molecule has 1 fully saturated rings. The van der Waals surface area contributed by atoms with Crippen molar-refractivity contribution in [3.8, 4) is 6.07 Å². The molecule has 0 radical (unpaired) electrons. The van der Waals surface area contributed by atoms with E-state index in [0.717, 1.165) is 6.07 Å². The van der Waals surface area contributed by atoms with E-state index in [2.05, 4.69) is 4.90 Å². The second-order valence-corrected chi connectivity index (χ2v) is 5.48. The number of aliphatic hydroxyl groups is 1. The van der Waals surface area contributed by atoms with Crippen molar-refractivity contribution in [1.82, 2.24) is 4.90 Å². The van der Waals surface area contributed by atoms with Crippen LogP contribution in [0.1, 0.15) is 18.1 Å². The van der Waals surface area contributed by atoms with E-state index in [0.29, 0.717) is 38.4 Å². The second kappa shape index (κ2) is 6.55. The van der Waals surface area contributed by atoms with Gasteiger partial charge in [0.2, 0.25) is 0 Å². The lowest BCUT2D eigenvalue weighted by Gasteiger charge is -2.36. The molecule has 1 N–H and O–H groups in total. The Balaban J connectivity index is 2.13. The lowest BCUT2D eigenvalue weighted by atomic mass is 10.1. The minimum atomic E-state index is -4.53. The molecule has 0 aliphatic carbocycles. The summed E-state index contributed by atoms with van der Waals surface area (Å²) in [6.07, 6.45) is -4.95. The molecule has 120 valence electrons. The number of hydrogen-bond donors (Lipinski definition) is 1. The molecule has 1 aliphatic rings. The Morgan fingerprint density at radius 2 is 1.91 bits per heavy atom. The third-order valence-corrected chi connectivity index (χ3v) is 3.69. The fourth-order valence-electron chi connectivity index (χ4n) is 2.62. The molecule has 1 saturated heterocycles. The number of halogens is 3. The van der Waals surface area contributed by atoms with Crippen LogP contribution in [0.5, 0.6) is 0 Å². The number of benzene rings is 1. The van der Waals surface area contributed by atoms with Gasteiger partial charge in [0.15, 0.2) is 0 Å². The largest absolute Gasteiger partial charge is 0.417 e. The highest BCUT2D eigenvalue weighted by molar-refractivity contribution is 5.55. The standard InChI is InChI=1S/C15H18F3N3O/c1-11(22)10-20-4-6-21(7-5-20)13-3-2-12(9-19)14(8-13)15(16,17)18/h2-3,8,11,22H,4-7,10H2,1H3/t11-/m1/s1. The summed E-state index contributed by atoms with van der Waals surface area (Å²) in [5.74, 6) is 0. The van der Waals surface area contributed by atoms with E-state index in [1.807, 2.05) is 4.90 Å².